The molecule has 0 radical (unpaired) electrons. The van der Waals surface area contributed by atoms with Gasteiger partial charge < -0.3 is 14.6 Å². The average Bonchev–Trinajstić information content (AvgIpc) is 2.82. The maximum absolute atomic E-state index is 14.4. The maximum Gasteiger partial charge on any atom is 0.295 e. The Balaban J connectivity index is 1.96. The number of nitrogens with zero attached hydrogens (tertiary/aromatic N) is 1. The number of nitrogens with one attached hydrogen (secondary N) is 1. The number of ether oxygens (including phenoxy) is 1. The quantitative estimate of drug-likeness (QED) is 0.461. The van der Waals surface area contributed by atoms with E-state index in [0.29, 0.717) is 27.5 Å². The van der Waals surface area contributed by atoms with Crippen molar-refractivity contribution < 1.29 is 18.3 Å². The van der Waals surface area contributed by atoms with Gasteiger partial charge in [0.25, 0.3) is 11.5 Å². The molecule has 0 aliphatic carbocycles. The molecule has 0 fully saturated rings. The first-order valence-corrected chi connectivity index (χ1v) is 9.97. The third kappa shape index (κ3) is 4.32. The van der Waals surface area contributed by atoms with Crippen LogP contribution in [0.3, 0.4) is 0 Å². The minimum atomic E-state index is -0.864. The zero-order valence-corrected chi connectivity index (χ0v) is 17.6. The van der Waals surface area contributed by atoms with Gasteiger partial charge in [0.15, 0.2) is 11.6 Å². The van der Waals surface area contributed by atoms with E-state index in [1.54, 1.807) is 55.7 Å². The molecular weight excluding hydrogens is 426 g/mol. The molecule has 5 nitrogen and oxygen atoms in total. The van der Waals surface area contributed by atoms with Crippen molar-refractivity contribution in [2.45, 2.75) is 6.54 Å². The standard InChI is InChI=1S/C26H18F2N2O3/c1-3-24(31)29-14-16-7-6-10-23(33-22-12-11-17(27)13-21(22)28)25(16)20-15-30(2)26(32)19-9-5-4-8-18(19)20/h1,4-13,15H,14H2,2H3,(H,29,31). The summed E-state index contributed by atoms with van der Waals surface area (Å²) in [5.41, 5.74) is 1.61. The second-order valence-electron chi connectivity index (χ2n) is 7.30. The fourth-order valence-electron chi connectivity index (χ4n) is 3.63. The van der Waals surface area contributed by atoms with Crippen LogP contribution in [0.15, 0.2) is 71.7 Å². The zero-order chi connectivity index (χ0) is 23.5. The Bertz CT molecular complexity index is 1490. The maximum atomic E-state index is 14.4. The number of benzene rings is 3. The molecule has 0 saturated carbocycles. The third-order valence-electron chi connectivity index (χ3n) is 5.16. The van der Waals surface area contributed by atoms with Crippen molar-refractivity contribution in [2.24, 2.45) is 7.05 Å². The number of hydrogen-bond donors (Lipinski definition) is 1. The summed E-state index contributed by atoms with van der Waals surface area (Å²) in [7, 11) is 1.63. The molecule has 0 saturated heterocycles. The van der Waals surface area contributed by atoms with E-state index in [0.717, 1.165) is 12.1 Å². The summed E-state index contributed by atoms with van der Waals surface area (Å²) in [4.78, 5) is 24.4. The summed E-state index contributed by atoms with van der Waals surface area (Å²) in [6.07, 6.45) is 6.81. The highest BCUT2D eigenvalue weighted by molar-refractivity contribution is 5.98. The summed E-state index contributed by atoms with van der Waals surface area (Å²) in [6, 6.07) is 15.2. The molecule has 7 heteroatoms. The fourth-order valence-corrected chi connectivity index (χ4v) is 3.63. The molecule has 4 aromatic rings. The molecule has 0 unspecified atom stereocenters. The molecule has 33 heavy (non-hydrogen) atoms. The number of terminal acetylenes is 1. The molecule has 164 valence electrons. The highest BCUT2D eigenvalue weighted by Gasteiger charge is 2.19. The fraction of sp³-hybridized carbons (Fsp3) is 0.0769. The zero-order valence-electron chi connectivity index (χ0n) is 17.6. The number of hydrogen-bond acceptors (Lipinski definition) is 3. The van der Waals surface area contributed by atoms with Gasteiger partial charge in [0, 0.05) is 42.4 Å². The Morgan fingerprint density at radius 2 is 1.82 bits per heavy atom. The predicted octanol–water partition coefficient (Wildman–Crippen LogP) is 4.53. The van der Waals surface area contributed by atoms with Crippen LogP contribution in [0.1, 0.15) is 5.56 Å². The minimum absolute atomic E-state index is 0.0681. The lowest BCUT2D eigenvalue weighted by molar-refractivity contribution is -0.115. The van der Waals surface area contributed by atoms with E-state index in [-0.39, 0.29) is 23.6 Å². The molecule has 0 bridgehead atoms. The van der Waals surface area contributed by atoms with Crippen LogP contribution in [0.25, 0.3) is 21.9 Å². The van der Waals surface area contributed by atoms with E-state index in [4.69, 9.17) is 11.2 Å². The smallest absolute Gasteiger partial charge is 0.295 e. The number of amides is 1. The molecule has 0 spiro atoms. The summed E-state index contributed by atoms with van der Waals surface area (Å²) < 4.78 is 35.0. The molecule has 0 atom stereocenters. The van der Waals surface area contributed by atoms with E-state index in [1.165, 1.54) is 10.6 Å². The van der Waals surface area contributed by atoms with Crippen LogP contribution >= 0.6 is 0 Å². The second-order valence-corrected chi connectivity index (χ2v) is 7.30. The van der Waals surface area contributed by atoms with E-state index >= 15 is 0 Å². The van der Waals surface area contributed by atoms with Crippen LogP contribution in [0, 0.1) is 24.0 Å². The number of pyridine rings is 1. The lowest BCUT2D eigenvalue weighted by Gasteiger charge is -2.18. The molecule has 1 amide bonds. The minimum Gasteiger partial charge on any atom is -0.454 e. The number of carbonyl (C=O) groups excluding carboxylic acids is 1. The number of halogens is 2. The number of carbonyl (C=O) groups is 1. The number of aryl methyl sites for hydroxylation is 1. The van der Waals surface area contributed by atoms with Gasteiger partial charge in [-0.3, -0.25) is 9.59 Å². The van der Waals surface area contributed by atoms with Crippen LogP contribution in [0.2, 0.25) is 0 Å². The van der Waals surface area contributed by atoms with Gasteiger partial charge >= 0.3 is 0 Å². The molecular formula is C26H18F2N2O3. The van der Waals surface area contributed by atoms with Crippen molar-refractivity contribution in [1.29, 1.82) is 0 Å². The van der Waals surface area contributed by atoms with Crippen molar-refractivity contribution in [1.82, 2.24) is 9.88 Å². The van der Waals surface area contributed by atoms with Gasteiger partial charge in [0.2, 0.25) is 0 Å². The third-order valence-corrected chi connectivity index (χ3v) is 5.16. The second kappa shape index (κ2) is 8.97. The van der Waals surface area contributed by atoms with Crippen LogP contribution < -0.4 is 15.6 Å². The van der Waals surface area contributed by atoms with Crippen LogP contribution in [0.5, 0.6) is 11.5 Å². The molecule has 1 heterocycles. The highest BCUT2D eigenvalue weighted by atomic mass is 19.1. The molecule has 0 aliphatic rings. The Morgan fingerprint density at radius 3 is 2.55 bits per heavy atom. The predicted molar refractivity (Wildman–Crippen MR) is 122 cm³/mol. The van der Waals surface area contributed by atoms with E-state index in [1.807, 2.05) is 5.92 Å². The molecule has 1 aromatic heterocycles. The summed E-state index contributed by atoms with van der Waals surface area (Å²) in [6.45, 7) is 0.0681. The molecule has 3 aromatic carbocycles. The molecule has 4 rings (SSSR count). The van der Waals surface area contributed by atoms with Gasteiger partial charge in [-0.25, -0.2) is 8.78 Å². The van der Waals surface area contributed by atoms with E-state index in [2.05, 4.69) is 5.32 Å². The summed E-state index contributed by atoms with van der Waals surface area (Å²) in [5.74, 6) is -0.0987. The van der Waals surface area contributed by atoms with Gasteiger partial charge in [-0.05, 0) is 41.1 Å². The van der Waals surface area contributed by atoms with Crippen molar-refractivity contribution >= 4 is 16.7 Å². The lowest BCUT2D eigenvalue weighted by Crippen LogP contribution is -2.21. The van der Waals surface area contributed by atoms with Gasteiger partial charge in [-0.2, -0.15) is 0 Å². The van der Waals surface area contributed by atoms with Gasteiger partial charge in [0.1, 0.15) is 11.6 Å². The van der Waals surface area contributed by atoms with Crippen LogP contribution in [0.4, 0.5) is 8.78 Å². The number of aromatic nitrogens is 1. The van der Waals surface area contributed by atoms with Crippen LogP contribution in [-0.2, 0) is 18.4 Å². The summed E-state index contributed by atoms with van der Waals surface area (Å²) >= 11 is 0. The topological polar surface area (TPSA) is 60.3 Å². The first-order valence-electron chi connectivity index (χ1n) is 9.97. The number of fused-ring (bicyclic) bond motifs is 1. The largest absolute Gasteiger partial charge is 0.454 e. The van der Waals surface area contributed by atoms with Gasteiger partial charge in [-0.15, -0.1) is 6.42 Å². The lowest BCUT2D eigenvalue weighted by atomic mass is 9.95. The average molecular weight is 444 g/mol. The van der Waals surface area contributed by atoms with E-state index < -0.39 is 17.5 Å². The van der Waals surface area contributed by atoms with Crippen molar-refractivity contribution in [3.63, 3.8) is 0 Å². The van der Waals surface area contributed by atoms with E-state index in [9.17, 15) is 18.4 Å². The first kappa shape index (κ1) is 21.8. The molecule has 1 N–H and O–H groups in total. The Kier molecular flexibility index (Phi) is 5.92. The summed E-state index contributed by atoms with van der Waals surface area (Å²) in [5, 5.41) is 3.76. The van der Waals surface area contributed by atoms with Crippen molar-refractivity contribution in [2.75, 3.05) is 0 Å². The monoisotopic (exact) mass is 444 g/mol. The number of rotatable bonds is 5. The Hall–Kier alpha value is -4.44. The first-order chi connectivity index (χ1) is 15.9. The Morgan fingerprint density at radius 1 is 1.06 bits per heavy atom. The van der Waals surface area contributed by atoms with Gasteiger partial charge in [0.05, 0.1) is 0 Å². The highest BCUT2D eigenvalue weighted by Crippen LogP contribution is 2.39. The normalized spacial score (nSPS) is 10.6. The Labute approximate surface area is 188 Å². The van der Waals surface area contributed by atoms with Crippen LogP contribution in [-0.4, -0.2) is 10.5 Å². The molecule has 0 aliphatic heterocycles. The SMILES string of the molecule is C#CC(=O)NCc1cccc(Oc2ccc(F)cc2F)c1-c1cn(C)c(=O)c2ccccc12. The van der Waals surface area contributed by atoms with Crippen molar-refractivity contribution in [3.8, 4) is 35.0 Å². The van der Waals surface area contributed by atoms with Crippen molar-refractivity contribution in [3.05, 3.63) is 94.4 Å². The van der Waals surface area contributed by atoms with Gasteiger partial charge in [-0.1, -0.05) is 30.3 Å².